The first kappa shape index (κ1) is 6.62. The molecular weight excluding hydrogens is 126 g/mol. The number of rotatable bonds is 0. The molecule has 2 heteroatoms. The molecular formula is C8H15NO. The van der Waals surface area contributed by atoms with E-state index in [1.54, 1.807) is 0 Å². The summed E-state index contributed by atoms with van der Waals surface area (Å²) in [5.74, 6) is 1.22. The maximum absolute atomic E-state index is 6.09. The molecule has 2 rings (SSSR count). The van der Waals surface area contributed by atoms with Crippen molar-refractivity contribution in [2.45, 2.75) is 31.9 Å². The van der Waals surface area contributed by atoms with Gasteiger partial charge in [-0.1, -0.05) is 6.92 Å². The Labute approximate surface area is 61.7 Å². The van der Waals surface area contributed by atoms with Gasteiger partial charge in [0.15, 0.2) is 0 Å². The number of fused-ring (bicyclic) bond motifs is 1. The maximum Gasteiger partial charge on any atom is 0.122 e. The molecule has 2 aliphatic rings. The Hall–Kier alpha value is -0.0800. The zero-order chi connectivity index (χ0) is 7.19. The number of hydrogen-bond acceptors (Lipinski definition) is 2. The minimum atomic E-state index is -0.236. The molecule has 58 valence electrons. The van der Waals surface area contributed by atoms with Crippen LogP contribution in [0.3, 0.4) is 0 Å². The quantitative estimate of drug-likeness (QED) is 0.548. The predicted octanol–water partition coefficient (Wildman–Crippen LogP) is 1.11. The SMILES string of the molecule is CC1CCC2CCOC12N. The van der Waals surface area contributed by atoms with Crippen molar-refractivity contribution in [2.75, 3.05) is 6.61 Å². The van der Waals surface area contributed by atoms with Crippen molar-refractivity contribution in [3.05, 3.63) is 0 Å². The second kappa shape index (κ2) is 1.95. The summed E-state index contributed by atoms with van der Waals surface area (Å²) in [7, 11) is 0. The second-order valence-electron chi connectivity index (χ2n) is 3.67. The van der Waals surface area contributed by atoms with Crippen LogP contribution in [0.4, 0.5) is 0 Å². The fourth-order valence-corrected chi connectivity index (χ4v) is 2.31. The van der Waals surface area contributed by atoms with Crippen LogP contribution in [-0.4, -0.2) is 12.3 Å². The van der Waals surface area contributed by atoms with Gasteiger partial charge in [-0.2, -0.15) is 0 Å². The van der Waals surface area contributed by atoms with Gasteiger partial charge in [0, 0.05) is 12.5 Å². The summed E-state index contributed by atoms with van der Waals surface area (Å²) in [6, 6.07) is 0. The van der Waals surface area contributed by atoms with Gasteiger partial charge < -0.3 is 10.5 Å². The highest BCUT2D eigenvalue weighted by atomic mass is 16.5. The fraction of sp³-hybridized carbons (Fsp3) is 1.00. The third-order valence-corrected chi connectivity index (χ3v) is 3.17. The zero-order valence-corrected chi connectivity index (χ0v) is 6.47. The first-order valence-corrected chi connectivity index (χ1v) is 4.16. The lowest BCUT2D eigenvalue weighted by Crippen LogP contribution is -2.46. The summed E-state index contributed by atoms with van der Waals surface area (Å²) in [5.41, 5.74) is 5.85. The van der Waals surface area contributed by atoms with Crippen molar-refractivity contribution < 1.29 is 4.74 Å². The second-order valence-corrected chi connectivity index (χ2v) is 3.67. The minimum absolute atomic E-state index is 0.236. The van der Waals surface area contributed by atoms with Gasteiger partial charge >= 0.3 is 0 Å². The molecule has 3 atom stereocenters. The number of ether oxygens (including phenoxy) is 1. The molecule has 0 radical (unpaired) electrons. The van der Waals surface area contributed by atoms with Crippen LogP contribution in [0, 0.1) is 11.8 Å². The fourth-order valence-electron chi connectivity index (χ4n) is 2.31. The normalized spacial score (nSPS) is 53.4. The largest absolute Gasteiger partial charge is 0.360 e. The summed E-state index contributed by atoms with van der Waals surface area (Å²) >= 11 is 0. The van der Waals surface area contributed by atoms with Gasteiger partial charge in [-0.15, -0.1) is 0 Å². The van der Waals surface area contributed by atoms with Gasteiger partial charge in [-0.3, -0.25) is 0 Å². The van der Waals surface area contributed by atoms with Gasteiger partial charge in [0.05, 0.1) is 0 Å². The van der Waals surface area contributed by atoms with Crippen LogP contribution in [0.1, 0.15) is 26.2 Å². The van der Waals surface area contributed by atoms with Crippen molar-refractivity contribution in [3.63, 3.8) is 0 Å². The topological polar surface area (TPSA) is 35.2 Å². The first-order chi connectivity index (χ1) is 4.73. The minimum Gasteiger partial charge on any atom is -0.360 e. The van der Waals surface area contributed by atoms with Gasteiger partial charge in [-0.05, 0) is 25.2 Å². The van der Waals surface area contributed by atoms with Crippen molar-refractivity contribution >= 4 is 0 Å². The molecule has 2 fully saturated rings. The third-order valence-electron chi connectivity index (χ3n) is 3.17. The van der Waals surface area contributed by atoms with Crippen LogP contribution in [0.15, 0.2) is 0 Å². The zero-order valence-electron chi connectivity index (χ0n) is 6.47. The van der Waals surface area contributed by atoms with E-state index in [4.69, 9.17) is 10.5 Å². The standard InChI is InChI=1S/C8H15NO/c1-6-2-3-7-4-5-10-8(6,7)9/h6-7H,2-5,9H2,1H3. The molecule has 2 N–H and O–H groups in total. The molecule has 0 bridgehead atoms. The molecule has 3 unspecified atom stereocenters. The Morgan fingerprint density at radius 3 is 2.90 bits per heavy atom. The lowest BCUT2D eigenvalue weighted by molar-refractivity contribution is -0.0343. The highest BCUT2D eigenvalue weighted by Gasteiger charge is 2.49. The highest BCUT2D eigenvalue weighted by molar-refractivity contribution is 4.96. The van der Waals surface area contributed by atoms with Gasteiger partial charge in [0.2, 0.25) is 0 Å². The van der Waals surface area contributed by atoms with E-state index in [9.17, 15) is 0 Å². The smallest absolute Gasteiger partial charge is 0.122 e. The van der Waals surface area contributed by atoms with E-state index < -0.39 is 0 Å². The van der Waals surface area contributed by atoms with E-state index in [0.717, 1.165) is 6.61 Å². The summed E-state index contributed by atoms with van der Waals surface area (Å²) in [6.07, 6.45) is 3.71. The molecule has 1 saturated carbocycles. The van der Waals surface area contributed by atoms with E-state index in [1.165, 1.54) is 19.3 Å². The Bertz CT molecular complexity index is 148. The molecule has 0 spiro atoms. The maximum atomic E-state index is 6.09. The van der Waals surface area contributed by atoms with E-state index >= 15 is 0 Å². The molecule has 0 amide bonds. The molecule has 10 heavy (non-hydrogen) atoms. The van der Waals surface area contributed by atoms with Crippen molar-refractivity contribution in [1.82, 2.24) is 0 Å². The molecule has 1 heterocycles. The molecule has 1 aliphatic heterocycles. The molecule has 1 saturated heterocycles. The lowest BCUT2D eigenvalue weighted by Gasteiger charge is -2.27. The number of hydrogen-bond donors (Lipinski definition) is 1. The predicted molar refractivity (Wildman–Crippen MR) is 39.4 cm³/mol. The van der Waals surface area contributed by atoms with Gasteiger partial charge in [0.1, 0.15) is 5.72 Å². The summed E-state index contributed by atoms with van der Waals surface area (Å²) in [6.45, 7) is 3.08. The van der Waals surface area contributed by atoms with E-state index in [1.807, 2.05) is 0 Å². The monoisotopic (exact) mass is 141 g/mol. The van der Waals surface area contributed by atoms with Gasteiger partial charge in [-0.25, -0.2) is 0 Å². The van der Waals surface area contributed by atoms with Crippen molar-refractivity contribution in [2.24, 2.45) is 17.6 Å². The Morgan fingerprint density at radius 2 is 2.20 bits per heavy atom. The summed E-state index contributed by atoms with van der Waals surface area (Å²) in [4.78, 5) is 0. The van der Waals surface area contributed by atoms with Crippen LogP contribution in [0.5, 0.6) is 0 Å². The van der Waals surface area contributed by atoms with Crippen LogP contribution in [0.25, 0.3) is 0 Å². The van der Waals surface area contributed by atoms with Crippen LogP contribution < -0.4 is 5.73 Å². The third kappa shape index (κ3) is 0.663. The van der Waals surface area contributed by atoms with Crippen molar-refractivity contribution in [3.8, 4) is 0 Å². The van der Waals surface area contributed by atoms with E-state index in [2.05, 4.69) is 6.92 Å². The Balaban J connectivity index is 2.21. The van der Waals surface area contributed by atoms with Crippen LogP contribution >= 0.6 is 0 Å². The highest BCUT2D eigenvalue weighted by Crippen LogP contribution is 2.45. The van der Waals surface area contributed by atoms with E-state index in [0.29, 0.717) is 11.8 Å². The van der Waals surface area contributed by atoms with Crippen molar-refractivity contribution in [1.29, 1.82) is 0 Å². The average molecular weight is 141 g/mol. The van der Waals surface area contributed by atoms with Crippen LogP contribution in [0.2, 0.25) is 0 Å². The Morgan fingerprint density at radius 1 is 1.40 bits per heavy atom. The summed E-state index contributed by atoms with van der Waals surface area (Å²) in [5, 5.41) is 0. The lowest BCUT2D eigenvalue weighted by atomic mass is 9.95. The molecule has 2 nitrogen and oxygen atoms in total. The Kier molecular flexibility index (Phi) is 1.29. The number of nitrogens with two attached hydrogens (primary N) is 1. The van der Waals surface area contributed by atoms with Crippen LogP contribution in [-0.2, 0) is 4.74 Å². The van der Waals surface area contributed by atoms with E-state index in [-0.39, 0.29) is 5.72 Å². The average Bonchev–Trinajstić information content (AvgIpc) is 2.36. The molecule has 1 aliphatic carbocycles. The summed E-state index contributed by atoms with van der Waals surface area (Å²) < 4.78 is 5.55. The molecule has 0 aromatic rings. The molecule has 0 aromatic carbocycles. The first-order valence-electron chi connectivity index (χ1n) is 4.16. The van der Waals surface area contributed by atoms with Gasteiger partial charge in [0.25, 0.3) is 0 Å². The molecule has 0 aromatic heterocycles.